The molecule has 0 saturated carbocycles. The van der Waals surface area contributed by atoms with Gasteiger partial charge < -0.3 is 15.4 Å². The molecule has 0 saturated heterocycles. The molecule has 1 aromatic heterocycles. The second-order valence-corrected chi connectivity index (χ2v) is 5.76. The molecule has 0 bridgehead atoms. The van der Waals surface area contributed by atoms with Gasteiger partial charge in [-0.25, -0.2) is 23.5 Å². The maximum Gasteiger partial charge on any atom is 0.340 e. The number of nitrogens with one attached hydrogen (secondary N) is 2. The van der Waals surface area contributed by atoms with Crippen LogP contribution in [0.1, 0.15) is 27.8 Å². The summed E-state index contributed by atoms with van der Waals surface area (Å²) in [5, 5.41) is 5.23. The Hall–Kier alpha value is -3.88. The van der Waals surface area contributed by atoms with Gasteiger partial charge in [-0.15, -0.1) is 0 Å². The SMILES string of the molecule is CCOC(=O)c1ccccc1NC(=O)c1cnc(Nc2ccc(F)cc2F)cn1. The number of amides is 1. The number of carbonyl (C=O) groups excluding carboxylic acids is 2. The number of nitrogens with zero attached hydrogens (tertiary/aromatic N) is 2. The molecule has 7 nitrogen and oxygen atoms in total. The number of esters is 1. The first-order valence-corrected chi connectivity index (χ1v) is 8.59. The summed E-state index contributed by atoms with van der Waals surface area (Å²) in [4.78, 5) is 32.4. The Labute approximate surface area is 164 Å². The van der Waals surface area contributed by atoms with Gasteiger partial charge in [0.25, 0.3) is 5.91 Å². The molecule has 0 spiro atoms. The number of anilines is 3. The van der Waals surface area contributed by atoms with Crippen molar-refractivity contribution in [3.63, 3.8) is 0 Å². The van der Waals surface area contributed by atoms with E-state index >= 15 is 0 Å². The molecule has 148 valence electrons. The second kappa shape index (κ2) is 8.87. The highest BCUT2D eigenvalue weighted by Crippen LogP contribution is 2.20. The van der Waals surface area contributed by atoms with Crippen molar-refractivity contribution in [1.82, 2.24) is 9.97 Å². The van der Waals surface area contributed by atoms with Crippen molar-refractivity contribution >= 4 is 29.1 Å². The highest BCUT2D eigenvalue weighted by atomic mass is 19.1. The predicted octanol–water partition coefficient (Wildman–Crippen LogP) is 3.93. The zero-order valence-corrected chi connectivity index (χ0v) is 15.3. The Kier molecular flexibility index (Phi) is 6.08. The first kappa shape index (κ1) is 19.9. The lowest BCUT2D eigenvalue weighted by atomic mass is 10.1. The molecule has 0 aliphatic carbocycles. The van der Waals surface area contributed by atoms with Crippen LogP contribution in [0.3, 0.4) is 0 Å². The predicted molar refractivity (Wildman–Crippen MR) is 102 cm³/mol. The van der Waals surface area contributed by atoms with E-state index in [1.54, 1.807) is 25.1 Å². The zero-order chi connectivity index (χ0) is 20.8. The van der Waals surface area contributed by atoms with Crippen LogP contribution >= 0.6 is 0 Å². The van der Waals surface area contributed by atoms with Crippen LogP contribution in [0.5, 0.6) is 0 Å². The van der Waals surface area contributed by atoms with Crippen molar-refractivity contribution in [2.24, 2.45) is 0 Å². The molecule has 0 atom stereocenters. The van der Waals surface area contributed by atoms with Gasteiger partial charge in [-0.1, -0.05) is 12.1 Å². The Morgan fingerprint density at radius 1 is 1.03 bits per heavy atom. The summed E-state index contributed by atoms with van der Waals surface area (Å²) < 4.78 is 31.6. The highest BCUT2D eigenvalue weighted by Gasteiger charge is 2.16. The molecule has 2 aromatic carbocycles. The number of hydrogen-bond acceptors (Lipinski definition) is 6. The molecule has 0 unspecified atom stereocenters. The van der Waals surface area contributed by atoms with Gasteiger partial charge in [-0.3, -0.25) is 4.79 Å². The molecule has 29 heavy (non-hydrogen) atoms. The maximum atomic E-state index is 13.7. The Balaban J connectivity index is 1.72. The Morgan fingerprint density at radius 3 is 2.52 bits per heavy atom. The lowest BCUT2D eigenvalue weighted by Gasteiger charge is -2.10. The van der Waals surface area contributed by atoms with E-state index in [0.29, 0.717) is 0 Å². The van der Waals surface area contributed by atoms with E-state index in [9.17, 15) is 18.4 Å². The van der Waals surface area contributed by atoms with Gasteiger partial charge in [0.2, 0.25) is 0 Å². The molecule has 1 heterocycles. The van der Waals surface area contributed by atoms with Gasteiger partial charge in [-0.2, -0.15) is 0 Å². The third-order valence-corrected chi connectivity index (χ3v) is 3.75. The minimum absolute atomic E-state index is 0.0151. The van der Waals surface area contributed by atoms with Crippen molar-refractivity contribution in [3.05, 3.63) is 77.8 Å². The summed E-state index contributed by atoms with van der Waals surface area (Å²) in [6, 6.07) is 9.46. The lowest BCUT2D eigenvalue weighted by molar-refractivity contribution is 0.0527. The average Bonchev–Trinajstić information content (AvgIpc) is 2.71. The maximum absolute atomic E-state index is 13.7. The number of aromatic nitrogens is 2. The van der Waals surface area contributed by atoms with Gasteiger partial charge in [0, 0.05) is 6.07 Å². The first-order chi connectivity index (χ1) is 14.0. The van der Waals surface area contributed by atoms with E-state index in [1.165, 1.54) is 24.5 Å². The van der Waals surface area contributed by atoms with Crippen LogP contribution in [-0.4, -0.2) is 28.5 Å². The van der Waals surface area contributed by atoms with E-state index in [0.717, 1.165) is 12.1 Å². The third kappa shape index (κ3) is 4.89. The van der Waals surface area contributed by atoms with Gasteiger partial charge in [-0.05, 0) is 31.2 Å². The number of rotatable bonds is 6. The topological polar surface area (TPSA) is 93.2 Å². The highest BCUT2D eigenvalue weighted by molar-refractivity contribution is 6.07. The van der Waals surface area contributed by atoms with Crippen molar-refractivity contribution in [2.45, 2.75) is 6.92 Å². The summed E-state index contributed by atoms with van der Waals surface area (Å²) in [5.41, 5.74) is 0.476. The second-order valence-electron chi connectivity index (χ2n) is 5.76. The fourth-order valence-corrected chi connectivity index (χ4v) is 2.40. The van der Waals surface area contributed by atoms with Crippen LogP contribution in [0.15, 0.2) is 54.9 Å². The molecule has 2 N–H and O–H groups in total. The zero-order valence-electron chi connectivity index (χ0n) is 15.3. The number of benzene rings is 2. The fourth-order valence-electron chi connectivity index (χ4n) is 2.40. The van der Waals surface area contributed by atoms with Crippen LogP contribution in [0, 0.1) is 11.6 Å². The number of hydrogen-bond donors (Lipinski definition) is 2. The van der Waals surface area contributed by atoms with Crippen LogP contribution in [0.25, 0.3) is 0 Å². The number of halogens is 2. The van der Waals surface area contributed by atoms with Crippen LogP contribution in [0.4, 0.5) is 26.0 Å². The number of carbonyl (C=O) groups is 2. The van der Waals surface area contributed by atoms with Crippen molar-refractivity contribution in [1.29, 1.82) is 0 Å². The van der Waals surface area contributed by atoms with Gasteiger partial charge >= 0.3 is 5.97 Å². The van der Waals surface area contributed by atoms with Gasteiger partial charge in [0.15, 0.2) is 0 Å². The van der Waals surface area contributed by atoms with Gasteiger partial charge in [0.1, 0.15) is 23.1 Å². The smallest absolute Gasteiger partial charge is 0.340 e. The minimum atomic E-state index is -0.788. The van der Waals surface area contributed by atoms with E-state index < -0.39 is 23.5 Å². The number of para-hydroxylation sites is 1. The van der Waals surface area contributed by atoms with Crippen LogP contribution < -0.4 is 10.6 Å². The molecule has 9 heteroatoms. The molecule has 0 fully saturated rings. The van der Waals surface area contributed by atoms with Crippen molar-refractivity contribution in [2.75, 3.05) is 17.2 Å². The monoisotopic (exact) mass is 398 g/mol. The molecule has 0 aliphatic rings. The van der Waals surface area contributed by atoms with E-state index in [2.05, 4.69) is 20.6 Å². The third-order valence-electron chi connectivity index (χ3n) is 3.75. The standard InChI is InChI=1S/C20H16F2N4O3/c1-2-29-20(28)13-5-3-4-6-15(13)26-19(27)17-10-24-18(11-23-17)25-16-8-7-12(21)9-14(16)22/h3-11H,2H2,1H3,(H,24,25)(H,26,27). The van der Waals surface area contributed by atoms with E-state index in [1.807, 2.05) is 0 Å². The molecular formula is C20H16F2N4O3. The molecule has 0 radical (unpaired) electrons. The van der Waals surface area contributed by atoms with Gasteiger partial charge in [0.05, 0.1) is 35.9 Å². The van der Waals surface area contributed by atoms with E-state index in [-0.39, 0.29) is 35.1 Å². The molecule has 3 aromatic rings. The molecule has 1 amide bonds. The normalized spacial score (nSPS) is 10.3. The largest absolute Gasteiger partial charge is 0.462 e. The minimum Gasteiger partial charge on any atom is -0.462 e. The molecule has 0 aliphatic heterocycles. The van der Waals surface area contributed by atoms with Crippen LogP contribution in [0.2, 0.25) is 0 Å². The quantitative estimate of drug-likeness (QED) is 0.611. The number of ether oxygens (including phenoxy) is 1. The summed E-state index contributed by atoms with van der Waals surface area (Å²) >= 11 is 0. The average molecular weight is 398 g/mol. The van der Waals surface area contributed by atoms with E-state index in [4.69, 9.17) is 4.74 Å². The van der Waals surface area contributed by atoms with Crippen molar-refractivity contribution < 1.29 is 23.1 Å². The molecular weight excluding hydrogens is 382 g/mol. The fraction of sp³-hybridized carbons (Fsp3) is 0.100. The lowest BCUT2D eigenvalue weighted by Crippen LogP contribution is -2.17. The summed E-state index contributed by atoms with van der Waals surface area (Å²) in [6.45, 7) is 1.89. The summed E-state index contributed by atoms with van der Waals surface area (Å²) in [5.74, 6) is -2.47. The van der Waals surface area contributed by atoms with Crippen molar-refractivity contribution in [3.8, 4) is 0 Å². The first-order valence-electron chi connectivity index (χ1n) is 8.59. The van der Waals surface area contributed by atoms with Crippen LogP contribution in [-0.2, 0) is 4.74 Å². The molecule has 3 rings (SSSR count). The summed E-state index contributed by atoms with van der Waals surface area (Å²) in [7, 11) is 0. The Morgan fingerprint density at radius 2 is 1.83 bits per heavy atom. The summed E-state index contributed by atoms with van der Waals surface area (Å²) in [6.07, 6.45) is 2.42. The Bertz CT molecular complexity index is 1040.